The van der Waals surface area contributed by atoms with Crippen molar-refractivity contribution < 1.29 is 5.11 Å². The number of hydrogen-bond acceptors (Lipinski definition) is 5. The lowest BCUT2D eigenvalue weighted by Gasteiger charge is -2.31. The normalized spacial score (nSPS) is 31.2. The van der Waals surface area contributed by atoms with E-state index in [1.807, 2.05) is 6.92 Å². The number of hydrazine groups is 2. The van der Waals surface area contributed by atoms with Crippen LogP contribution in [-0.2, 0) is 0 Å². The fourth-order valence-corrected chi connectivity index (χ4v) is 2.02. The van der Waals surface area contributed by atoms with E-state index in [1.165, 1.54) is 0 Å². The molecule has 0 saturated heterocycles. The van der Waals surface area contributed by atoms with Crippen LogP contribution >= 0.6 is 0 Å². The van der Waals surface area contributed by atoms with Crippen LogP contribution in [0.2, 0.25) is 0 Å². The summed E-state index contributed by atoms with van der Waals surface area (Å²) >= 11 is 0. The van der Waals surface area contributed by atoms with Crippen LogP contribution in [0.25, 0.3) is 0 Å². The topological polar surface area (TPSA) is 82.3 Å². The predicted molar refractivity (Wildman–Crippen MR) is 60.5 cm³/mol. The average Bonchev–Trinajstić information content (AvgIpc) is 2.26. The first-order chi connectivity index (χ1) is 7.13. The molecule has 0 bridgehead atoms. The van der Waals surface area contributed by atoms with E-state index in [0.29, 0.717) is 12.0 Å². The second-order valence-corrected chi connectivity index (χ2v) is 4.53. The molecule has 1 saturated carbocycles. The van der Waals surface area contributed by atoms with Crippen molar-refractivity contribution in [3.63, 3.8) is 0 Å². The van der Waals surface area contributed by atoms with E-state index in [9.17, 15) is 5.11 Å². The van der Waals surface area contributed by atoms with Crippen molar-refractivity contribution in [2.45, 2.75) is 57.8 Å². The number of hydrogen-bond donors (Lipinski definition) is 5. The van der Waals surface area contributed by atoms with Gasteiger partial charge in [-0.25, -0.2) is 10.9 Å². The second kappa shape index (κ2) is 6.40. The third-order valence-corrected chi connectivity index (χ3v) is 3.23. The predicted octanol–water partition coefficient (Wildman–Crippen LogP) is -0.170. The highest BCUT2D eigenvalue weighted by molar-refractivity contribution is 4.78. The molecule has 1 rings (SSSR count). The Labute approximate surface area is 91.7 Å². The largest absolute Gasteiger partial charge is 0.393 e. The lowest BCUT2D eigenvalue weighted by molar-refractivity contribution is 0.0961. The maximum absolute atomic E-state index is 9.40. The highest BCUT2D eigenvalue weighted by atomic mass is 16.3. The summed E-state index contributed by atoms with van der Waals surface area (Å²) in [5, 5.41) is 9.40. The monoisotopic (exact) mass is 216 g/mol. The molecule has 0 heterocycles. The smallest absolute Gasteiger partial charge is 0.0801 e. The Hall–Kier alpha value is -0.200. The number of nitrogens with two attached hydrogens (primary N) is 1. The van der Waals surface area contributed by atoms with Crippen LogP contribution in [0.3, 0.4) is 0 Å². The molecule has 0 amide bonds. The Bertz CT molecular complexity index is 171. The molecule has 15 heavy (non-hydrogen) atoms. The molecular weight excluding hydrogens is 192 g/mol. The Balaban J connectivity index is 2.19. The van der Waals surface area contributed by atoms with Gasteiger partial charge in [0.15, 0.2) is 0 Å². The summed E-state index contributed by atoms with van der Waals surface area (Å²) < 4.78 is 0. The Morgan fingerprint density at radius 2 is 1.73 bits per heavy atom. The van der Waals surface area contributed by atoms with Crippen LogP contribution in [0.1, 0.15) is 39.5 Å². The molecule has 1 aliphatic carbocycles. The molecule has 0 spiro atoms. The lowest BCUT2D eigenvalue weighted by Crippen LogP contribution is -2.54. The van der Waals surface area contributed by atoms with Gasteiger partial charge >= 0.3 is 0 Å². The molecule has 0 aromatic heterocycles. The Morgan fingerprint density at radius 1 is 1.13 bits per heavy atom. The van der Waals surface area contributed by atoms with Gasteiger partial charge < -0.3 is 5.11 Å². The van der Waals surface area contributed by atoms with Crippen molar-refractivity contribution in [1.82, 2.24) is 16.3 Å². The van der Waals surface area contributed by atoms with E-state index in [2.05, 4.69) is 23.2 Å². The molecule has 1 aliphatic rings. The zero-order chi connectivity index (χ0) is 11.3. The van der Waals surface area contributed by atoms with Gasteiger partial charge in [-0.3, -0.25) is 11.3 Å². The molecule has 0 radical (unpaired) electrons. The summed E-state index contributed by atoms with van der Waals surface area (Å²) in [5.74, 6) is 5.91. The van der Waals surface area contributed by atoms with E-state index in [-0.39, 0.29) is 12.3 Å². The molecule has 0 aromatic carbocycles. The van der Waals surface area contributed by atoms with Crippen molar-refractivity contribution in [2.75, 3.05) is 0 Å². The second-order valence-electron chi connectivity index (χ2n) is 4.53. The summed E-state index contributed by atoms with van der Waals surface area (Å²) in [5.41, 5.74) is 8.95. The first-order valence-corrected chi connectivity index (χ1v) is 5.78. The van der Waals surface area contributed by atoms with E-state index >= 15 is 0 Å². The van der Waals surface area contributed by atoms with Crippen LogP contribution in [-0.4, -0.2) is 23.4 Å². The maximum Gasteiger partial charge on any atom is 0.0801 e. The van der Waals surface area contributed by atoms with E-state index in [0.717, 1.165) is 25.7 Å². The summed E-state index contributed by atoms with van der Waals surface area (Å²) in [6, 6.07) is 0.410. The Kier molecular flexibility index (Phi) is 5.49. The Morgan fingerprint density at radius 3 is 2.27 bits per heavy atom. The van der Waals surface area contributed by atoms with Crippen LogP contribution < -0.4 is 22.1 Å². The van der Waals surface area contributed by atoms with Crippen molar-refractivity contribution in [3.05, 3.63) is 0 Å². The molecule has 90 valence electrons. The summed E-state index contributed by atoms with van der Waals surface area (Å²) in [6.07, 6.45) is 4.04. The molecule has 6 N–H and O–H groups in total. The summed E-state index contributed by atoms with van der Waals surface area (Å²) in [4.78, 5) is 0. The third kappa shape index (κ3) is 4.44. The van der Waals surface area contributed by atoms with Gasteiger partial charge in [0.25, 0.3) is 0 Å². The third-order valence-electron chi connectivity index (χ3n) is 3.23. The standard InChI is InChI=1S/C10H24N4O/c1-7(13-14-8(2)12-11)9-3-5-10(15)6-4-9/h7-10,12-15H,3-6,11H2,1-2H3. The van der Waals surface area contributed by atoms with E-state index in [4.69, 9.17) is 5.84 Å². The highest BCUT2D eigenvalue weighted by Crippen LogP contribution is 2.26. The van der Waals surface area contributed by atoms with Crippen LogP contribution in [0.15, 0.2) is 0 Å². The minimum atomic E-state index is -0.0777. The minimum Gasteiger partial charge on any atom is -0.393 e. The average molecular weight is 216 g/mol. The summed E-state index contributed by atoms with van der Waals surface area (Å²) in [7, 11) is 0. The molecule has 5 nitrogen and oxygen atoms in total. The molecule has 2 atom stereocenters. The molecule has 5 heteroatoms. The maximum atomic E-state index is 9.40. The van der Waals surface area contributed by atoms with Gasteiger partial charge in [-0.15, -0.1) is 0 Å². The number of nitrogens with one attached hydrogen (secondary N) is 3. The van der Waals surface area contributed by atoms with Gasteiger partial charge in [0.1, 0.15) is 0 Å². The quantitative estimate of drug-likeness (QED) is 0.250. The minimum absolute atomic E-state index is 0.0571. The highest BCUT2D eigenvalue weighted by Gasteiger charge is 2.23. The van der Waals surface area contributed by atoms with Gasteiger partial charge in [-0.2, -0.15) is 0 Å². The van der Waals surface area contributed by atoms with Crippen LogP contribution in [0, 0.1) is 5.92 Å². The van der Waals surface area contributed by atoms with Gasteiger partial charge in [0.2, 0.25) is 0 Å². The van der Waals surface area contributed by atoms with Crippen LogP contribution in [0.4, 0.5) is 0 Å². The first-order valence-electron chi connectivity index (χ1n) is 5.78. The SMILES string of the molecule is CC(NN)NNC(C)C1CCC(O)CC1. The zero-order valence-corrected chi connectivity index (χ0v) is 9.66. The number of rotatable bonds is 5. The molecule has 0 aliphatic heterocycles. The molecule has 2 unspecified atom stereocenters. The van der Waals surface area contributed by atoms with Crippen LogP contribution in [0.5, 0.6) is 0 Å². The van der Waals surface area contributed by atoms with Gasteiger partial charge in [0, 0.05) is 6.04 Å². The van der Waals surface area contributed by atoms with Crippen molar-refractivity contribution >= 4 is 0 Å². The zero-order valence-electron chi connectivity index (χ0n) is 9.66. The van der Waals surface area contributed by atoms with Crippen molar-refractivity contribution in [3.8, 4) is 0 Å². The van der Waals surface area contributed by atoms with Gasteiger partial charge in [-0.1, -0.05) is 0 Å². The summed E-state index contributed by atoms with van der Waals surface area (Å²) in [6.45, 7) is 4.11. The molecule has 0 aromatic rings. The van der Waals surface area contributed by atoms with E-state index in [1.54, 1.807) is 0 Å². The number of aliphatic hydroxyl groups excluding tert-OH is 1. The fourth-order valence-electron chi connectivity index (χ4n) is 2.02. The number of aliphatic hydroxyl groups is 1. The van der Waals surface area contributed by atoms with E-state index < -0.39 is 0 Å². The van der Waals surface area contributed by atoms with Crippen molar-refractivity contribution in [2.24, 2.45) is 11.8 Å². The fraction of sp³-hybridized carbons (Fsp3) is 1.00. The lowest BCUT2D eigenvalue weighted by atomic mass is 9.83. The molecule has 1 fully saturated rings. The van der Waals surface area contributed by atoms with Crippen molar-refractivity contribution in [1.29, 1.82) is 0 Å². The first kappa shape index (κ1) is 12.9. The molecular formula is C10H24N4O. The van der Waals surface area contributed by atoms with Gasteiger partial charge in [-0.05, 0) is 45.4 Å². The van der Waals surface area contributed by atoms with Gasteiger partial charge in [0.05, 0.1) is 12.3 Å².